The van der Waals surface area contributed by atoms with Gasteiger partial charge in [-0.2, -0.15) is 5.26 Å². The van der Waals surface area contributed by atoms with Gasteiger partial charge in [-0.05, 0) is 24.3 Å². The SMILES string of the molecule is N#C/C(=C\c1ccc(-c2ccccc2)o1)c1nc(-c2ccc([N+](=O)[O-])cc2)cs1. The normalized spacial score (nSPS) is 11.2. The monoisotopic (exact) mass is 399 g/mol. The minimum atomic E-state index is -0.445. The number of nitro groups is 1. The van der Waals surface area contributed by atoms with E-state index >= 15 is 0 Å². The quantitative estimate of drug-likeness (QED) is 0.232. The van der Waals surface area contributed by atoms with Crippen LogP contribution >= 0.6 is 11.3 Å². The zero-order chi connectivity index (χ0) is 20.2. The zero-order valence-electron chi connectivity index (χ0n) is 15.0. The van der Waals surface area contributed by atoms with E-state index in [9.17, 15) is 15.4 Å². The standard InChI is InChI=1S/C22H13N3O3S/c23-13-17(12-19-10-11-21(28-19)16-4-2-1-3-5-16)22-24-20(14-29-22)15-6-8-18(9-7-15)25(26)27/h1-12,14H/b17-12+. The van der Waals surface area contributed by atoms with Crippen molar-refractivity contribution in [2.24, 2.45) is 0 Å². The third kappa shape index (κ3) is 3.98. The van der Waals surface area contributed by atoms with Crippen LogP contribution in [0.4, 0.5) is 5.69 Å². The van der Waals surface area contributed by atoms with Crippen LogP contribution in [0, 0.1) is 21.4 Å². The largest absolute Gasteiger partial charge is 0.457 e. The Kier molecular flexibility index (Phi) is 5.01. The van der Waals surface area contributed by atoms with Crippen molar-refractivity contribution in [3.63, 3.8) is 0 Å². The molecular weight excluding hydrogens is 386 g/mol. The second kappa shape index (κ2) is 7.92. The van der Waals surface area contributed by atoms with Gasteiger partial charge in [0.2, 0.25) is 0 Å². The lowest BCUT2D eigenvalue weighted by Crippen LogP contribution is -1.87. The first-order valence-corrected chi connectivity index (χ1v) is 9.50. The number of non-ortho nitro benzene ring substituents is 1. The first-order chi connectivity index (χ1) is 14.1. The molecule has 0 amide bonds. The molecule has 2 heterocycles. The number of aromatic nitrogens is 1. The number of hydrogen-bond donors (Lipinski definition) is 0. The molecule has 4 rings (SSSR count). The van der Waals surface area contributed by atoms with Gasteiger partial charge in [0.05, 0.1) is 16.2 Å². The van der Waals surface area contributed by atoms with Crippen LogP contribution in [0.5, 0.6) is 0 Å². The lowest BCUT2D eigenvalue weighted by Gasteiger charge is -1.97. The molecule has 2 aromatic carbocycles. The zero-order valence-corrected chi connectivity index (χ0v) is 15.8. The van der Waals surface area contributed by atoms with Crippen molar-refractivity contribution in [3.8, 4) is 28.7 Å². The van der Waals surface area contributed by atoms with Crippen LogP contribution < -0.4 is 0 Å². The highest BCUT2D eigenvalue weighted by atomic mass is 32.1. The Hall–Kier alpha value is -4.02. The van der Waals surface area contributed by atoms with E-state index in [4.69, 9.17) is 4.42 Å². The predicted octanol–water partition coefficient (Wildman–Crippen LogP) is 6.04. The number of furan rings is 1. The van der Waals surface area contributed by atoms with Crippen molar-refractivity contribution >= 4 is 28.7 Å². The third-order valence-electron chi connectivity index (χ3n) is 4.20. The topological polar surface area (TPSA) is 93.0 Å². The summed E-state index contributed by atoms with van der Waals surface area (Å²) < 4.78 is 5.84. The molecule has 0 aliphatic rings. The number of nitriles is 1. The summed E-state index contributed by atoms with van der Waals surface area (Å²) in [6.45, 7) is 0. The van der Waals surface area contributed by atoms with E-state index in [2.05, 4.69) is 11.1 Å². The van der Waals surface area contributed by atoms with E-state index in [1.165, 1.54) is 23.5 Å². The number of nitrogens with zero attached hydrogens (tertiary/aromatic N) is 3. The van der Waals surface area contributed by atoms with Gasteiger partial charge in [-0.1, -0.05) is 30.3 Å². The van der Waals surface area contributed by atoms with Crippen LogP contribution in [-0.4, -0.2) is 9.91 Å². The molecule has 0 fully saturated rings. The maximum atomic E-state index is 10.8. The van der Waals surface area contributed by atoms with E-state index in [0.717, 1.165) is 16.9 Å². The number of hydrogen-bond acceptors (Lipinski definition) is 6. The summed E-state index contributed by atoms with van der Waals surface area (Å²) in [5.41, 5.74) is 2.77. The Bertz CT molecular complexity index is 1230. The van der Waals surface area contributed by atoms with Crippen molar-refractivity contribution in [2.75, 3.05) is 0 Å². The fourth-order valence-corrected chi connectivity index (χ4v) is 3.55. The highest BCUT2D eigenvalue weighted by Gasteiger charge is 2.12. The maximum absolute atomic E-state index is 10.8. The molecule has 0 spiro atoms. The molecule has 0 radical (unpaired) electrons. The lowest BCUT2D eigenvalue weighted by atomic mass is 10.1. The Balaban J connectivity index is 1.60. The van der Waals surface area contributed by atoms with Crippen LogP contribution in [0.3, 0.4) is 0 Å². The van der Waals surface area contributed by atoms with Crippen LogP contribution in [-0.2, 0) is 0 Å². The number of thiazole rings is 1. The van der Waals surface area contributed by atoms with Gasteiger partial charge in [0.1, 0.15) is 22.6 Å². The fraction of sp³-hybridized carbons (Fsp3) is 0. The highest BCUT2D eigenvalue weighted by Crippen LogP contribution is 2.29. The number of nitro benzene ring substituents is 1. The first kappa shape index (κ1) is 18.3. The van der Waals surface area contributed by atoms with Crippen molar-refractivity contribution in [2.45, 2.75) is 0 Å². The van der Waals surface area contributed by atoms with E-state index in [-0.39, 0.29) is 5.69 Å². The third-order valence-corrected chi connectivity index (χ3v) is 5.08. The minimum Gasteiger partial charge on any atom is -0.457 e. The molecule has 0 atom stereocenters. The molecule has 140 valence electrons. The molecule has 4 aromatic rings. The molecule has 0 unspecified atom stereocenters. The average Bonchev–Trinajstić information content (AvgIpc) is 3.43. The minimum absolute atomic E-state index is 0.0221. The molecule has 0 saturated carbocycles. The van der Waals surface area contributed by atoms with Crippen LogP contribution in [0.15, 0.2) is 76.5 Å². The second-order valence-electron chi connectivity index (χ2n) is 6.08. The number of rotatable bonds is 5. The Morgan fingerprint density at radius 2 is 1.83 bits per heavy atom. The Labute approximate surface area is 170 Å². The van der Waals surface area contributed by atoms with Crippen LogP contribution in [0.25, 0.3) is 34.2 Å². The summed E-state index contributed by atoms with van der Waals surface area (Å²) >= 11 is 1.33. The second-order valence-corrected chi connectivity index (χ2v) is 6.94. The van der Waals surface area contributed by atoms with Gasteiger partial charge in [0, 0.05) is 34.7 Å². The van der Waals surface area contributed by atoms with Crippen molar-refractivity contribution in [1.29, 1.82) is 5.26 Å². The molecule has 0 saturated heterocycles. The summed E-state index contributed by atoms with van der Waals surface area (Å²) in [6, 6.07) is 21.7. The van der Waals surface area contributed by atoms with E-state index in [1.807, 2.05) is 47.8 Å². The fourth-order valence-electron chi connectivity index (χ4n) is 2.76. The van der Waals surface area contributed by atoms with Crippen molar-refractivity contribution < 1.29 is 9.34 Å². The average molecular weight is 399 g/mol. The molecule has 0 bridgehead atoms. The molecule has 2 aromatic heterocycles. The van der Waals surface area contributed by atoms with Gasteiger partial charge < -0.3 is 4.42 Å². The van der Waals surface area contributed by atoms with Gasteiger partial charge in [-0.3, -0.25) is 10.1 Å². The van der Waals surface area contributed by atoms with E-state index in [1.54, 1.807) is 18.2 Å². The van der Waals surface area contributed by atoms with Gasteiger partial charge in [0.15, 0.2) is 0 Å². The molecule has 0 aliphatic heterocycles. The molecular formula is C22H13N3O3S. The lowest BCUT2D eigenvalue weighted by molar-refractivity contribution is -0.384. The molecule has 6 nitrogen and oxygen atoms in total. The smallest absolute Gasteiger partial charge is 0.269 e. The summed E-state index contributed by atoms with van der Waals surface area (Å²) in [5, 5.41) is 22.7. The molecule has 0 aliphatic carbocycles. The first-order valence-electron chi connectivity index (χ1n) is 8.62. The Morgan fingerprint density at radius 1 is 1.07 bits per heavy atom. The number of allylic oxidation sites excluding steroid dienone is 1. The summed E-state index contributed by atoms with van der Waals surface area (Å²) in [5.74, 6) is 1.28. The van der Waals surface area contributed by atoms with Gasteiger partial charge >= 0.3 is 0 Å². The van der Waals surface area contributed by atoms with E-state index < -0.39 is 4.92 Å². The van der Waals surface area contributed by atoms with Crippen LogP contribution in [0.2, 0.25) is 0 Å². The van der Waals surface area contributed by atoms with Gasteiger partial charge in [0.25, 0.3) is 5.69 Å². The summed E-state index contributed by atoms with van der Waals surface area (Å²) in [7, 11) is 0. The predicted molar refractivity (Wildman–Crippen MR) is 112 cm³/mol. The van der Waals surface area contributed by atoms with Gasteiger partial charge in [-0.25, -0.2) is 4.98 Å². The van der Waals surface area contributed by atoms with Crippen molar-refractivity contribution in [1.82, 2.24) is 4.98 Å². The van der Waals surface area contributed by atoms with Crippen LogP contribution in [0.1, 0.15) is 10.8 Å². The Morgan fingerprint density at radius 3 is 2.52 bits per heavy atom. The maximum Gasteiger partial charge on any atom is 0.269 e. The van der Waals surface area contributed by atoms with Crippen molar-refractivity contribution in [3.05, 3.63) is 93.0 Å². The molecule has 7 heteroatoms. The molecule has 29 heavy (non-hydrogen) atoms. The van der Waals surface area contributed by atoms with E-state index in [0.29, 0.717) is 22.0 Å². The highest BCUT2D eigenvalue weighted by molar-refractivity contribution is 7.11. The summed E-state index contributed by atoms with van der Waals surface area (Å²) in [6.07, 6.45) is 1.66. The summed E-state index contributed by atoms with van der Waals surface area (Å²) in [4.78, 5) is 14.8. The van der Waals surface area contributed by atoms with Gasteiger partial charge in [-0.15, -0.1) is 11.3 Å². The number of benzene rings is 2. The molecule has 0 N–H and O–H groups in total.